The van der Waals surface area contributed by atoms with Crippen molar-refractivity contribution in [3.05, 3.63) is 53.1 Å². The average molecular weight is 357 g/mol. The van der Waals surface area contributed by atoms with E-state index in [9.17, 15) is 4.79 Å². The maximum atomic E-state index is 12.0. The van der Waals surface area contributed by atoms with E-state index in [0.717, 1.165) is 22.4 Å². The zero-order valence-electron chi connectivity index (χ0n) is 15.9. The molecule has 0 atom stereocenters. The fraction of sp³-hybridized carbons (Fsp3) is 0.381. The quantitative estimate of drug-likeness (QED) is 0.699. The lowest BCUT2D eigenvalue weighted by Crippen LogP contribution is -2.28. The van der Waals surface area contributed by atoms with E-state index in [1.165, 1.54) is 0 Å². The highest BCUT2D eigenvalue weighted by atomic mass is 16.5. The molecule has 0 saturated carbocycles. The van der Waals surface area contributed by atoms with Gasteiger partial charge in [0.1, 0.15) is 12.4 Å². The van der Waals surface area contributed by atoms with Gasteiger partial charge in [-0.25, -0.2) is 0 Å². The molecule has 2 aromatic carbocycles. The Labute approximate surface area is 155 Å². The molecule has 0 unspecified atom stereocenters. The molecule has 1 N–H and O–H groups in total. The molecule has 0 aliphatic heterocycles. The second-order valence-electron chi connectivity index (χ2n) is 6.16. The van der Waals surface area contributed by atoms with Gasteiger partial charge >= 0.3 is 0 Å². The number of benzene rings is 2. The molecule has 0 aromatic heterocycles. The van der Waals surface area contributed by atoms with Gasteiger partial charge < -0.3 is 19.5 Å². The number of carbonyl (C=O) groups is 1. The van der Waals surface area contributed by atoms with Gasteiger partial charge in [0.05, 0.1) is 20.8 Å². The first-order chi connectivity index (χ1) is 12.5. The number of nitrogens with one attached hydrogen (secondary N) is 1. The van der Waals surface area contributed by atoms with Gasteiger partial charge in [-0.05, 0) is 55.2 Å². The molecule has 1 amide bonds. The highest BCUT2D eigenvalue weighted by molar-refractivity contribution is 5.76. The van der Waals surface area contributed by atoms with Crippen molar-refractivity contribution in [2.45, 2.75) is 26.7 Å². The van der Waals surface area contributed by atoms with Crippen LogP contribution in [-0.4, -0.2) is 33.3 Å². The Balaban J connectivity index is 1.73. The van der Waals surface area contributed by atoms with E-state index in [4.69, 9.17) is 14.2 Å². The molecular formula is C21H27NO4. The summed E-state index contributed by atoms with van der Waals surface area (Å²) in [5.41, 5.74) is 3.28. The van der Waals surface area contributed by atoms with Crippen molar-refractivity contribution in [2.24, 2.45) is 0 Å². The maximum absolute atomic E-state index is 12.0. The van der Waals surface area contributed by atoms with Crippen LogP contribution in [0.1, 0.15) is 23.1 Å². The van der Waals surface area contributed by atoms with Gasteiger partial charge in [-0.1, -0.05) is 18.2 Å². The van der Waals surface area contributed by atoms with Gasteiger partial charge in [-0.15, -0.1) is 0 Å². The van der Waals surface area contributed by atoms with E-state index >= 15 is 0 Å². The topological polar surface area (TPSA) is 56.8 Å². The predicted molar refractivity (Wildman–Crippen MR) is 102 cm³/mol. The monoisotopic (exact) mass is 357 g/mol. The normalized spacial score (nSPS) is 10.3. The molecule has 0 bridgehead atoms. The summed E-state index contributed by atoms with van der Waals surface area (Å²) in [6.45, 7) is 4.98. The standard InChI is InChI=1S/C21H27NO4/c1-15-5-6-16(2)19(13-15)26-12-11-22-21(23)10-8-17-7-9-18(24-3)20(14-17)25-4/h5-7,9,13-14H,8,10-12H2,1-4H3,(H,22,23). The van der Waals surface area contributed by atoms with Crippen LogP contribution in [0.3, 0.4) is 0 Å². The molecule has 5 nitrogen and oxygen atoms in total. The van der Waals surface area contributed by atoms with E-state index in [1.54, 1.807) is 14.2 Å². The van der Waals surface area contributed by atoms with E-state index < -0.39 is 0 Å². The number of hydrogen-bond donors (Lipinski definition) is 1. The molecule has 140 valence electrons. The van der Waals surface area contributed by atoms with Crippen LogP contribution < -0.4 is 19.5 Å². The summed E-state index contributed by atoms with van der Waals surface area (Å²) in [6, 6.07) is 11.8. The van der Waals surface area contributed by atoms with Crippen molar-refractivity contribution >= 4 is 5.91 Å². The van der Waals surface area contributed by atoms with Crippen molar-refractivity contribution in [1.29, 1.82) is 0 Å². The largest absolute Gasteiger partial charge is 0.493 e. The Morgan fingerprint density at radius 3 is 2.46 bits per heavy atom. The molecule has 0 aliphatic carbocycles. The summed E-state index contributed by atoms with van der Waals surface area (Å²) in [5, 5.41) is 2.89. The highest BCUT2D eigenvalue weighted by Gasteiger charge is 2.07. The highest BCUT2D eigenvalue weighted by Crippen LogP contribution is 2.27. The molecule has 0 saturated heterocycles. The predicted octanol–water partition coefficient (Wildman–Crippen LogP) is 3.45. The molecule has 0 heterocycles. The van der Waals surface area contributed by atoms with Crippen LogP contribution in [0.5, 0.6) is 17.2 Å². The summed E-state index contributed by atoms with van der Waals surface area (Å²) in [7, 11) is 3.20. The first kappa shape index (κ1) is 19.6. The summed E-state index contributed by atoms with van der Waals surface area (Å²) < 4.78 is 16.2. The van der Waals surface area contributed by atoms with E-state index in [0.29, 0.717) is 37.5 Å². The summed E-state index contributed by atoms with van der Waals surface area (Å²) >= 11 is 0. The Kier molecular flexibility index (Phi) is 7.33. The Morgan fingerprint density at radius 2 is 1.73 bits per heavy atom. The number of ether oxygens (including phenoxy) is 3. The molecule has 0 aliphatic rings. The number of aryl methyl sites for hydroxylation is 3. The third-order valence-electron chi connectivity index (χ3n) is 4.11. The molecule has 0 spiro atoms. The summed E-state index contributed by atoms with van der Waals surface area (Å²) in [6.07, 6.45) is 1.06. The van der Waals surface area contributed by atoms with E-state index in [1.807, 2.05) is 44.2 Å². The van der Waals surface area contributed by atoms with Gasteiger partial charge in [0.15, 0.2) is 11.5 Å². The van der Waals surface area contributed by atoms with Crippen molar-refractivity contribution in [3.63, 3.8) is 0 Å². The van der Waals surface area contributed by atoms with Crippen molar-refractivity contribution < 1.29 is 19.0 Å². The number of amides is 1. The maximum Gasteiger partial charge on any atom is 0.220 e. The molecule has 2 aromatic rings. The van der Waals surface area contributed by atoms with Crippen LogP contribution in [0.4, 0.5) is 0 Å². The molecule has 2 rings (SSSR count). The fourth-order valence-electron chi connectivity index (χ4n) is 2.60. The van der Waals surface area contributed by atoms with Gasteiger partial charge in [0, 0.05) is 6.42 Å². The molecule has 0 radical (unpaired) electrons. The smallest absolute Gasteiger partial charge is 0.220 e. The second kappa shape index (κ2) is 9.70. The fourth-order valence-corrected chi connectivity index (χ4v) is 2.60. The lowest BCUT2D eigenvalue weighted by atomic mass is 10.1. The zero-order valence-corrected chi connectivity index (χ0v) is 15.9. The van der Waals surface area contributed by atoms with E-state index in [-0.39, 0.29) is 5.91 Å². The zero-order chi connectivity index (χ0) is 18.9. The van der Waals surface area contributed by atoms with Crippen molar-refractivity contribution in [1.82, 2.24) is 5.32 Å². The molecule has 0 fully saturated rings. The van der Waals surface area contributed by atoms with Crippen molar-refractivity contribution in [3.8, 4) is 17.2 Å². The third-order valence-corrected chi connectivity index (χ3v) is 4.11. The van der Waals surface area contributed by atoms with Crippen LogP contribution >= 0.6 is 0 Å². The first-order valence-electron chi connectivity index (χ1n) is 8.71. The number of methoxy groups -OCH3 is 2. The Hall–Kier alpha value is -2.69. The average Bonchev–Trinajstić information content (AvgIpc) is 2.65. The lowest BCUT2D eigenvalue weighted by Gasteiger charge is -2.11. The minimum Gasteiger partial charge on any atom is -0.493 e. The third kappa shape index (κ3) is 5.69. The van der Waals surface area contributed by atoms with Crippen LogP contribution in [0.15, 0.2) is 36.4 Å². The van der Waals surface area contributed by atoms with Crippen molar-refractivity contribution in [2.75, 3.05) is 27.4 Å². The molecular weight excluding hydrogens is 330 g/mol. The number of rotatable bonds is 9. The Morgan fingerprint density at radius 1 is 0.962 bits per heavy atom. The number of hydrogen-bond acceptors (Lipinski definition) is 4. The Bertz CT molecular complexity index is 743. The molecule has 5 heteroatoms. The first-order valence-corrected chi connectivity index (χ1v) is 8.71. The van der Waals surface area contributed by atoms with Gasteiger partial charge in [-0.3, -0.25) is 4.79 Å². The van der Waals surface area contributed by atoms with E-state index in [2.05, 4.69) is 11.4 Å². The minimum absolute atomic E-state index is 0.00403. The summed E-state index contributed by atoms with van der Waals surface area (Å²) in [5.74, 6) is 2.23. The van der Waals surface area contributed by atoms with Crippen LogP contribution in [0.2, 0.25) is 0 Å². The van der Waals surface area contributed by atoms with Crippen LogP contribution in [0, 0.1) is 13.8 Å². The van der Waals surface area contributed by atoms with Crippen LogP contribution in [0.25, 0.3) is 0 Å². The lowest BCUT2D eigenvalue weighted by molar-refractivity contribution is -0.121. The number of carbonyl (C=O) groups excluding carboxylic acids is 1. The minimum atomic E-state index is 0.00403. The second-order valence-corrected chi connectivity index (χ2v) is 6.16. The van der Waals surface area contributed by atoms with Gasteiger partial charge in [-0.2, -0.15) is 0 Å². The van der Waals surface area contributed by atoms with Crippen LogP contribution in [-0.2, 0) is 11.2 Å². The van der Waals surface area contributed by atoms with Gasteiger partial charge in [0.25, 0.3) is 0 Å². The molecule has 26 heavy (non-hydrogen) atoms. The summed E-state index contributed by atoms with van der Waals surface area (Å²) in [4.78, 5) is 12.0. The van der Waals surface area contributed by atoms with Gasteiger partial charge in [0.2, 0.25) is 5.91 Å². The SMILES string of the molecule is COc1ccc(CCC(=O)NCCOc2cc(C)ccc2C)cc1OC.